The van der Waals surface area contributed by atoms with Gasteiger partial charge in [-0.05, 0) is 47.6 Å². The maximum Gasteiger partial charge on any atom is 0.249 e. The van der Waals surface area contributed by atoms with Gasteiger partial charge in [-0.25, -0.2) is 9.97 Å². The molecule has 0 saturated heterocycles. The lowest BCUT2D eigenvalue weighted by atomic mass is 9.72. The van der Waals surface area contributed by atoms with Crippen molar-refractivity contribution < 1.29 is 33.0 Å². The number of nitrogens with zero attached hydrogens (tertiary/aromatic N) is 2. The molecule has 7 heterocycles. The molecule has 0 fully saturated rings. The van der Waals surface area contributed by atoms with E-state index in [1.54, 1.807) is 27.2 Å². The van der Waals surface area contributed by atoms with Gasteiger partial charge in [0.25, 0.3) is 0 Å². The van der Waals surface area contributed by atoms with E-state index >= 15 is 0 Å². The van der Waals surface area contributed by atoms with Crippen molar-refractivity contribution in [3.05, 3.63) is 89.3 Å². The monoisotopic (exact) mass is 725 g/mol. The second-order valence-corrected chi connectivity index (χ2v) is 15.5. The van der Waals surface area contributed by atoms with Crippen LogP contribution in [0.4, 0.5) is 5.69 Å². The number of hydrogen-bond acceptors (Lipinski definition) is 10. The first-order valence-electron chi connectivity index (χ1n) is 18.5. The number of H-pyrrole nitrogens is 1. The van der Waals surface area contributed by atoms with Crippen LogP contribution in [0.3, 0.4) is 0 Å². The summed E-state index contributed by atoms with van der Waals surface area (Å²) in [5.74, 6) is 1.01. The van der Waals surface area contributed by atoms with Gasteiger partial charge in [-0.15, -0.1) is 0 Å². The molecule has 4 N–H and O–H groups in total. The number of amides is 1. The smallest absolute Gasteiger partial charge is 0.249 e. The van der Waals surface area contributed by atoms with Gasteiger partial charge in [-0.1, -0.05) is 58.0 Å². The van der Waals surface area contributed by atoms with Gasteiger partial charge in [0.1, 0.15) is 29.1 Å². The third-order valence-corrected chi connectivity index (χ3v) is 11.6. The zero-order valence-corrected chi connectivity index (χ0v) is 30.4. The van der Waals surface area contributed by atoms with Crippen molar-refractivity contribution in [3.8, 4) is 45.5 Å². The number of para-hydroxylation sites is 1. The Morgan fingerprint density at radius 3 is 2.69 bits per heavy atom. The molecule has 10 bridgehead atoms. The maximum absolute atomic E-state index is 14.2. The standard InChI is InChI=1S/C42H39N5O7/c1-18(2)32-40-46-35-37(54-40)42-25-8-6-7-23(22-10-12-29(51-5)34-31(22)24(16-43-34)30-17-44-39(35)52-30)33(25)47-41(42)53-28-11-9-20(14-26(28)42)13-21(38(50)45-32)15-27(48)36(49)19(3)4/h6-12,14,16-19,21,32,36,41,43,47,49H,13,15H2,1-5H3,(H,45,50)/t21-,32+,36+,41+,42?/m1/s1. The van der Waals surface area contributed by atoms with Gasteiger partial charge < -0.3 is 39.0 Å². The molecule has 0 aliphatic carbocycles. The van der Waals surface area contributed by atoms with Gasteiger partial charge in [0, 0.05) is 51.9 Å². The first-order chi connectivity index (χ1) is 26.1. The molecule has 4 aliphatic rings. The van der Waals surface area contributed by atoms with Crippen LogP contribution in [0.2, 0.25) is 0 Å². The van der Waals surface area contributed by atoms with Crippen LogP contribution in [0.25, 0.3) is 44.9 Å². The molecule has 0 radical (unpaired) electrons. The van der Waals surface area contributed by atoms with Crippen molar-refractivity contribution in [2.24, 2.45) is 17.8 Å². The molecule has 3 aromatic carbocycles. The average Bonchev–Trinajstić information content (AvgIpc) is 3.98. The molecule has 12 heteroatoms. The highest BCUT2D eigenvalue weighted by molar-refractivity contribution is 6.09. The van der Waals surface area contributed by atoms with Gasteiger partial charge in [0.15, 0.2) is 29.2 Å². The summed E-state index contributed by atoms with van der Waals surface area (Å²) < 4.78 is 26.3. The van der Waals surface area contributed by atoms with E-state index in [4.69, 9.17) is 28.3 Å². The molecule has 0 saturated carbocycles. The Balaban J connectivity index is 1.28. The molecule has 274 valence electrons. The molecular formula is C42H39N5O7. The number of ketones is 1. The Kier molecular flexibility index (Phi) is 7.01. The number of hydrogen-bond donors (Lipinski definition) is 4. The normalized spacial score (nSPS) is 22.2. The molecule has 6 aromatic rings. The quantitative estimate of drug-likeness (QED) is 0.142. The molecule has 54 heavy (non-hydrogen) atoms. The zero-order chi connectivity index (χ0) is 37.2. The van der Waals surface area contributed by atoms with Crippen LogP contribution in [-0.2, 0) is 21.4 Å². The Hall–Kier alpha value is -5.88. The Morgan fingerprint density at radius 1 is 1.04 bits per heavy atom. The predicted octanol–water partition coefficient (Wildman–Crippen LogP) is 6.91. The number of aromatic nitrogens is 3. The van der Waals surface area contributed by atoms with Gasteiger partial charge in [0.2, 0.25) is 17.7 Å². The number of fused-ring (bicyclic) bond motifs is 7. The van der Waals surface area contributed by atoms with Crippen molar-refractivity contribution >= 4 is 28.3 Å². The van der Waals surface area contributed by atoms with E-state index in [0.29, 0.717) is 28.7 Å². The topological polar surface area (TPSA) is 165 Å². The maximum atomic E-state index is 14.2. The lowest BCUT2D eigenvalue weighted by Crippen LogP contribution is -2.41. The molecule has 10 rings (SSSR count). The number of aromatic amines is 1. The van der Waals surface area contributed by atoms with E-state index in [2.05, 4.69) is 45.9 Å². The average molecular weight is 726 g/mol. The molecule has 4 aliphatic heterocycles. The first-order valence-corrected chi connectivity index (χ1v) is 18.5. The minimum Gasteiger partial charge on any atom is -0.495 e. The van der Waals surface area contributed by atoms with E-state index in [1.165, 1.54) is 0 Å². The van der Waals surface area contributed by atoms with Crippen molar-refractivity contribution in [2.75, 3.05) is 12.4 Å². The number of nitrogens with one attached hydrogen (secondary N) is 3. The van der Waals surface area contributed by atoms with Crippen molar-refractivity contribution in [3.63, 3.8) is 0 Å². The van der Waals surface area contributed by atoms with Crippen LogP contribution in [0.5, 0.6) is 11.5 Å². The van der Waals surface area contributed by atoms with Crippen LogP contribution >= 0.6 is 0 Å². The molecule has 1 amide bonds. The SMILES string of the molecule is COc1ccc2c3c(c[nH]c13)-c1cnc(o1)-c1nc3oc1C14c5cc(ccc5O[C@@H]1Nc1c-2cccc14)C[C@H](CC(=O)[C@@H](O)C(C)C)C(=O)N[C@H]3C(C)C. The summed E-state index contributed by atoms with van der Waals surface area (Å²) in [5.41, 5.74) is 6.35. The number of carbonyl (C=O) groups excluding carboxylic acids is 2. The van der Waals surface area contributed by atoms with E-state index in [0.717, 1.165) is 50.0 Å². The fraction of sp³-hybridized carbons (Fsp3) is 0.333. The second-order valence-electron chi connectivity index (χ2n) is 15.5. The van der Waals surface area contributed by atoms with Crippen LogP contribution in [0.1, 0.15) is 68.5 Å². The van der Waals surface area contributed by atoms with Crippen LogP contribution < -0.4 is 20.1 Å². The zero-order valence-electron chi connectivity index (χ0n) is 30.4. The second kappa shape index (κ2) is 11.6. The minimum absolute atomic E-state index is 0.122. The molecule has 5 atom stereocenters. The molecular weight excluding hydrogens is 686 g/mol. The number of Topliss-reactive ketones (excluding diaryl/α,β-unsaturated/α-hetero) is 1. The number of ether oxygens (including phenoxy) is 2. The van der Waals surface area contributed by atoms with E-state index in [1.807, 2.05) is 38.2 Å². The summed E-state index contributed by atoms with van der Waals surface area (Å²) in [5, 5.41) is 18.6. The number of methoxy groups -OCH3 is 1. The molecule has 1 spiro atoms. The van der Waals surface area contributed by atoms with Crippen LogP contribution in [0.15, 0.2) is 69.8 Å². The summed E-state index contributed by atoms with van der Waals surface area (Å²) in [6.07, 6.45) is 1.92. The highest BCUT2D eigenvalue weighted by atomic mass is 16.5. The fourth-order valence-electron chi connectivity index (χ4n) is 8.92. The number of oxazole rings is 2. The summed E-state index contributed by atoms with van der Waals surface area (Å²) in [6.45, 7) is 7.54. The van der Waals surface area contributed by atoms with E-state index in [9.17, 15) is 14.7 Å². The number of rotatable bonds is 6. The lowest BCUT2D eigenvalue weighted by molar-refractivity contribution is -0.135. The first kappa shape index (κ1) is 32.7. The Labute approximate surface area is 310 Å². The minimum atomic E-state index is -1.17. The summed E-state index contributed by atoms with van der Waals surface area (Å²) in [7, 11) is 1.65. The van der Waals surface area contributed by atoms with Crippen molar-refractivity contribution in [1.29, 1.82) is 0 Å². The molecule has 1 unspecified atom stereocenters. The summed E-state index contributed by atoms with van der Waals surface area (Å²) >= 11 is 0. The number of aliphatic hydroxyl groups is 1. The Morgan fingerprint density at radius 2 is 1.89 bits per heavy atom. The van der Waals surface area contributed by atoms with Gasteiger partial charge in [-0.3, -0.25) is 9.59 Å². The highest BCUT2D eigenvalue weighted by Crippen LogP contribution is 2.61. The third kappa shape index (κ3) is 4.40. The largest absolute Gasteiger partial charge is 0.495 e. The number of benzene rings is 3. The van der Waals surface area contributed by atoms with Crippen LogP contribution in [0, 0.1) is 17.8 Å². The highest BCUT2D eigenvalue weighted by Gasteiger charge is 2.61. The van der Waals surface area contributed by atoms with E-state index < -0.39 is 29.7 Å². The molecule has 3 aromatic heterocycles. The number of anilines is 1. The third-order valence-electron chi connectivity index (χ3n) is 11.6. The van der Waals surface area contributed by atoms with Gasteiger partial charge in [-0.2, -0.15) is 0 Å². The van der Waals surface area contributed by atoms with Gasteiger partial charge in [0.05, 0.1) is 18.8 Å². The molecule has 12 nitrogen and oxygen atoms in total. The predicted molar refractivity (Wildman–Crippen MR) is 199 cm³/mol. The van der Waals surface area contributed by atoms with Crippen LogP contribution in [-0.4, -0.2) is 51.2 Å². The van der Waals surface area contributed by atoms with Gasteiger partial charge >= 0.3 is 0 Å². The summed E-state index contributed by atoms with van der Waals surface area (Å²) in [6, 6.07) is 15.5. The fourth-order valence-corrected chi connectivity index (χ4v) is 8.92. The Bertz CT molecular complexity index is 2540. The van der Waals surface area contributed by atoms with Crippen molar-refractivity contribution in [1.82, 2.24) is 20.3 Å². The number of aliphatic hydroxyl groups excluding tert-OH is 1. The van der Waals surface area contributed by atoms with E-state index in [-0.39, 0.29) is 48.1 Å². The summed E-state index contributed by atoms with van der Waals surface area (Å²) in [4.78, 5) is 40.9. The lowest BCUT2D eigenvalue weighted by Gasteiger charge is -2.28. The van der Waals surface area contributed by atoms with Crippen molar-refractivity contribution in [2.45, 2.75) is 64.3 Å². The number of carbonyl (C=O) groups is 2.